The fourth-order valence-electron chi connectivity index (χ4n) is 2.47. The molecule has 1 fully saturated rings. The number of ether oxygens (including phenoxy) is 2. The lowest BCUT2D eigenvalue weighted by atomic mass is 10.3. The SMILES string of the molecule is CCOc1ccc(C(=O)NNC(=O)c2sc(N3CCOCC3)nc2C)cn1. The Kier molecular flexibility index (Phi) is 6.20. The number of hydrazine groups is 1. The molecule has 2 aromatic heterocycles. The van der Waals surface area contributed by atoms with Gasteiger partial charge in [-0.15, -0.1) is 0 Å². The third-order valence-corrected chi connectivity index (χ3v) is 5.07. The number of amides is 2. The number of nitrogens with zero attached hydrogens (tertiary/aromatic N) is 3. The van der Waals surface area contributed by atoms with Crippen LogP contribution in [-0.2, 0) is 4.74 Å². The van der Waals surface area contributed by atoms with Crippen LogP contribution in [0.2, 0.25) is 0 Å². The predicted octanol–water partition coefficient (Wildman–Crippen LogP) is 1.16. The van der Waals surface area contributed by atoms with E-state index in [-0.39, 0.29) is 0 Å². The highest BCUT2D eigenvalue weighted by atomic mass is 32.1. The van der Waals surface area contributed by atoms with Crippen LogP contribution in [0.4, 0.5) is 5.13 Å². The van der Waals surface area contributed by atoms with Gasteiger partial charge in [-0.2, -0.15) is 0 Å². The first-order chi connectivity index (χ1) is 13.1. The van der Waals surface area contributed by atoms with Crippen molar-refractivity contribution in [3.8, 4) is 5.88 Å². The molecule has 1 aliphatic heterocycles. The van der Waals surface area contributed by atoms with Crippen molar-refractivity contribution in [2.75, 3.05) is 37.8 Å². The van der Waals surface area contributed by atoms with Crippen molar-refractivity contribution in [2.45, 2.75) is 13.8 Å². The van der Waals surface area contributed by atoms with Crippen molar-refractivity contribution in [2.24, 2.45) is 0 Å². The molecule has 0 spiro atoms. The van der Waals surface area contributed by atoms with Gasteiger partial charge < -0.3 is 14.4 Å². The number of thiazole rings is 1. The van der Waals surface area contributed by atoms with Gasteiger partial charge in [-0.25, -0.2) is 9.97 Å². The number of aromatic nitrogens is 2. The molecule has 2 amide bonds. The van der Waals surface area contributed by atoms with E-state index in [1.165, 1.54) is 17.5 Å². The molecular weight excluding hydrogens is 370 g/mol. The van der Waals surface area contributed by atoms with Crippen molar-refractivity contribution >= 4 is 28.3 Å². The number of carbonyl (C=O) groups is 2. The first-order valence-electron chi connectivity index (χ1n) is 8.58. The van der Waals surface area contributed by atoms with Crippen LogP contribution in [-0.4, -0.2) is 54.7 Å². The summed E-state index contributed by atoms with van der Waals surface area (Å²) in [5.41, 5.74) is 5.75. The van der Waals surface area contributed by atoms with Gasteiger partial charge in [-0.05, 0) is 19.9 Å². The second-order valence-electron chi connectivity index (χ2n) is 5.74. The molecule has 3 heterocycles. The molecule has 9 nitrogen and oxygen atoms in total. The molecule has 2 N–H and O–H groups in total. The Balaban J connectivity index is 1.58. The number of pyridine rings is 1. The monoisotopic (exact) mass is 391 g/mol. The maximum Gasteiger partial charge on any atom is 0.281 e. The highest BCUT2D eigenvalue weighted by molar-refractivity contribution is 7.17. The Morgan fingerprint density at radius 1 is 1.26 bits per heavy atom. The van der Waals surface area contributed by atoms with Crippen LogP contribution in [0.1, 0.15) is 32.6 Å². The molecule has 1 aliphatic rings. The van der Waals surface area contributed by atoms with Crippen LogP contribution in [0.5, 0.6) is 5.88 Å². The first-order valence-corrected chi connectivity index (χ1v) is 9.39. The average Bonchev–Trinajstić information content (AvgIpc) is 3.09. The largest absolute Gasteiger partial charge is 0.478 e. The molecule has 0 aromatic carbocycles. The minimum absolute atomic E-state index is 0.314. The molecule has 0 radical (unpaired) electrons. The molecule has 3 rings (SSSR count). The van der Waals surface area contributed by atoms with Gasteiger partial charge in [0.05, 0.1) is 31.1 Å². The molecule has 27 heavy (non-hydrogen) atoms. The van der Waals surface area contributed by atoms with Gasteiger partial charge >= 0.3 is 0 Å². The van der Waals surface area contributed by atoms with Gasteiger partial charge in [-0.1, -0.05) is 11.3 Å². The lowest BCUT2D eigenvalue weighted by Gasteiger charge is -2.25. The number of nitrogens with one attached hydrogen (secondary N) is 2. The zero-order valence-corrected chi connectivity index (χ0v) is 16.0. The Hall–Kier alpha value is -2.72. The number of hydrogen-bond donors (Lipinski definition) is 2. The molecule has 0 bridgehead atoms. The fraction of sp³-hybridized carbons (Fsp3) is 0.412. The molecule has 0 aliphatic carbocycles. The van der Waals surface area contributed by atoms with E-state index >= 15 is 0 Å². The van der Waals surface area contributed by atoms with Crippen LogP contribution in [0.25, 0.3) is 0 Å². The van der Waals surface area contributed by atoms with Crippen LogP contribution < -0.4 is 20.5 Å². The third-order valence-electron chi connectivity index (χ3n) is 3.85. The van der Waals surface area contributed by atoms with Crippen molar-refractivity contribution in [3.63, 3.8) is 0 Å². The number of morpholine rings is 1. The van der Waals surface area contributed by atoms with Crippen LogP contribution in [0, 0.1) is 6.92 Å². The van der Waals surface area contributed by atoms with Gasteiger partial charge in [0.15, 0.2) is 5.13 Å². The van der Waals surface area contributed by atoms with Gasteiger partial charge in [0.1, 0.15) is 4.88 Å². The zero-order chi connectivity index (χ0) is 19.2. The minimum Gasteiger partial charge on any atom is -0.478 e. The molecule has 144 valence electrons. The van der Waals surface area contributed by atoms with E-state index in [1.54, 1.807) is 19.1 Å². The second kappa shape index (κ2) is 8.78. The van der Waals surface area contributed by atoms with E-state index in [0.717, 1.165) is 18.2 Å². The normalized spacial score (nSPS) is 13.9. The Morgan fingerprint density at radius 3 is 2.67 bits per heavy atom. The summed E-state index contributed by atoms with van der Waals surface area (Å²) < 4.78 is 10.6. The summed E-state index contributed by atoms with van der Waals surface area (Å²) in [5.74, 6) is -0.430. The third kappa shape index (κ3) is 4.72. The summed E-state index contributed by atoms with van der Waals surface area (Å²) in [6.07, 6.45) is 1.39. The Labute approximate surface area is 160 Å². The maximum atomic E-state index is 12.4. The first kappa shape index (κ1) is 19.1. The lowest BCUT2D eigenvalue weighted by Crippen LogP contribution is -2.41. The second-order valence-corrected chi connectivity index (χ2v) is 6.71. The van der Waals surface area contributed by atoms with Gasteiger partial charge in [-0.3, -0.25) is 20.4 Å². The summed E-state index contributed by atoms with van der Waals surface area (Å²) >= 11 is 1.30. The maximum absolute atomic E-state index is 12.4. The van der Waals surface area contributed by atoms with Gasteiger partial charge in [0.25, 0.3) is 11.8 Å². The summed E-state index contributed by atoms with van der Waals surface area (Å²) in [4.78, 5) is 35.6. The van der Waals surface area contributed by atoms with Crippen molar-refractivity contribution in [1.82, 2.24) is 20.8 Å². The van der Waals surface area contributed by atoms with E-state index in [1.807, 2.05) is 6.92 Å². The highest BCUT2D eigenvalue weighted by Crippen LogP contribution is 2.26. The van der Waals surface area contributed by atoms with E-state index in [9.17, 15) is 9.59 Å². The summed E-state index contributed by atoms with van der Waals surface area (Å²) in [6, 6.07) is 3.18. The minimum atomic E-state index is -0.463. The smallest absolute Gasteiger partial charge is 0.281 e. The van der Waals surface area contributed by atoms with E-state index < -0.39 is 11.8 Å². The number of carbonyl (C=O) groups excluding carboxylic acids is 2. The fourth-order valence-corrected chi connectivity index (χ4v) is 3.49. The summed E-state index contributed by atoms with van der Waals surface area (Å²) in [6.45, 7) is 6.90. The van der Waals surface area contributed by atoms with E-state index in [2.05, 4.69) is 25.7 Å². The van der Waals surface area contributed by atoms with Crippen molar-refractivity contribution < 1.29 is 19.1 Å². The predicted molar refractivity (Wildman–Crippen MR) is 100 cm³/mol. The van der Waals surface area contributed by atoms with E-state index in [0.29, 0.717) is 41.8 Å². The quantitative estimate of drug-likeness (QED) is 0.737. The van der Waals surface area contributed by atoms with Crippen LogP contribution in [0.3, 0.4) is 0 Å². The van der Waals surface area contributed by atoms with Crippen molar-refractivity contribution in [1.29, 1.82) is 0 Å². The van der Waals surface area contributed by atoms with Crippen LogP contribution in [0.15, 0.2) is 18.3 Å². The topological polar surface area (TPSA) is 106 Å². The standard InChI is InChI=1S/C17H21N5O4S/c1-3-26-13-5-4-12(10-18-13)15(23)20-21-16(24)14-11(2)19-17(27-14)22-6-8-25-9-7-22/h4-5,10H,3,6-9H2,1-2H3,(H,20,23)(H,21,24). The Bertz CT molecular complexity index is 802. The zero-order valence-electron chi connectivity index (χ0n) is 15.2. The molecular formula is C17H21N5O4S. The number of anilines is 1. The van der Waals surface area contributed by atoms with Crippen LogP contribution >= 0.6 is 11.3 Å². The molecule has 0 saturated carbocycles. The molecule has 0 unspecified atom stereocenters. The van der Waals surface area contributed by atoms with Gasteiger partial charge in [0, 0.05) is 25.4 Å². The van der Waals surface area contributed by atoms with Gasteiger partial charge in [0.2, 0.25) is 5.88 Å². The number of hydrogen-bond acceptors (Lipinski definition) is 8. The Morgan fingerprint density at radius 2 is 2.00 bits per heavy atom. The molecule has 2 aromatic rings. The van der Waals surface area contributed by atoms with E-state index in [4.69, 9.17) is 9.47 Å². The molecule has 1 saturated heterocycles. The number of aryl methyl sites for hydroxylation is 1. The summed E-state index contributed by atoms with van der Waals surface area (Å²) in [7, 11) is 0. The average molecular weight is 391 g/mol. The molecule has 0 atom stereocenters. The summed E-state index contributed by atoms with van der Waals surface area (Å²) in [5, 5.41) is 0.781. The number of rotatable bonds is 5. The highest BCUT2D eigenvalue weighted by Gasteiger charge is 2.21. The lowest BCUT2D eigenvalue weighted by molar-refractivity contribution is 0.0848. The van der Waals surface area contributed by atoms with Crippen molar-refractivity contribution in [3.05, 3.63) is 34.5 Å². The molecule has 10 heteroatoms.